The number of esters is 1. The summed E-state index contributed by atoms with van der Waals surface area (Å²) < 4.78 is 19.6. The number of amides is 1. The second-order valence-electron chi connectivity index (χ2n) is 5.66. The van der Waals surface area contributed by atoms with Crippen LogP contribution in [0.15, 0.2) is 54.6 Å². The molecule has 1 atom stereocenters. The second-order valence-corrected chi connectivity index (χ2v) is 7.12. The normalized spacial score (nSPS) is 12.3. The molecule has 0 fully saturated rings. The largest absolute Gasteiger partial charge is 0.449 e. The summed E-state index contributed by atoms with van der Waals surface area (Å²) >= 11 is 7.76. The number of thiophene rings is 1. The van der Waals surface area contributed by atoms with E-state index in [-0.39, 0.29) is 5.69 Å². The van der Waals surface area contributed by atoms with E-state index in [1.54, 1.807) is 12.1 Å². The zero-order valence-corrected chi connectivity index (χ0v) is 15.8. The van der Waals surface area contributed by atoms with E-state index in [0.29, 0.717) is 5.02 Å². The number of anilines is 1. The Hall–Kier alpha value is -2.70. The molecule has 0 aliphatic rings. The monoisotopic (exact) mass is 403 g/mol. The summed E-state index contributed by atoms with van der Waals surface area (Å²) in [6, 6.07) is 13.4. The smallest absolute Gasteiger partial charge is 0.331 e. The van der Waals surface area contributed by atoms with Crippen LogP contribution in [0.5, 0.6) is 0 Å². The van der Waals surface area contributed by atoms with Gasteiger partial charge in [0.15, 0.2) is 6.10 Å². The summed E-state index contributed by atoms with van der Waals surface area (Å²) in [5, 5.41) is 3.85. The number of para-hydroxylation sites is 1. The minimum atomic E-state index is -1.08. The van der Waals surface area contributed by atoms with E-state index in [1.807, 2.05) is 24.3 Å². The van der Waals surface area contributed by atoms with Crippen molar-refractivity contribution in [3.8, 4) is 0 Å². The van der Waals surface area contributed by atoms with Crippen LogP contribution in [0.1, 0.15) is 11.8 Å². The Bertz CT molecular complexity index is 1030. The summed E-state index contributed by atoms with van der Waals surface area (Å²) in [4.78, 5) is 24.7. The van der Waals surface area contributed by atoms with Gasteiger partial charge in [-0.15, -0.1) is 11.3 Å². The summed E-state index contributed by atoms with van der Waals surface area (Å²) in [7, 11) is 0. The topological polar surface area (TPSA) is 55.4 Å². The number of carbonyl (C=O) groups excluding carboxylic acids is 2. The quantitative estimate of drug-likeness (QED) is 0.466. The van der Waals surface area contributed by atoms with Crippen LogP contribution >= 0.6 is 22.9 Å². The van der Waals surface area contributed by atoms with Crippen molar-refractivity contribution in [3.05, 3.63) is 70.3 Å². The fourth-order valence-corrected chi connectivity index (χ4v) is 3.75. The zero-order valence-electron chi connectivity index (χ0n) is 14.2. The highest BCUT2D eigenvalue weighted by molar-refractivity contribution is 7.20. The number of hydrogen-bond donors (Lipinski definition) is 1. The Morgan fingerprint density at radius 2 is 1.89 bits per heavy atom. The van der Waals surface area contributed by atoms with Crippen LogP contribution < -0.4 is 5.32 Å². The SMILES string of the molecule is C[C@@H](OC(=O)/C=C/c1sc2ccccc2c1Cl)C(=O)Nc1ccccc1F. The van der Waals surface area contributed by atoms with Crippen molar-refractivity contribution < 1.29 is 18.7 Å². The van der Waals surface area contributed by atoms with Crippen molar-refractivity contribution in [1.29, 1.82) is 0 Å². The Balaban J connectivity index is 1.62. The summed E-state index contributed by atoms with van der Waals surface area (Å²) in [6.07, 6.45) is 1.68. The third-order valence-electron chi connectivity index (χ3n) is 3.72. The van der Waals surface area contributed by atoms with Crippen molar-refractivity contribution in [1.82, 2.24) is 0 Å². The number of hydrogen-bond acceptors (Lipinski definition) is 4. The molecule has 1 heterocycles. The number of benzene rings is 2. The Morgan fingerprint density at radius 1 is 1.19 bits per heavy atom. The number of fused-ring (bicyclic) bond motifs is 1. The molecule has 138 valence electrons. The number of nitrogens with one attached hydrogen (secondary N) is 1. The van der Waals surface area contributed by atoms with Crippen LogP contribution in [0, 0.1) is 5.82 Å². The molecule has 0 saturated heterocycles. The predicted molar refractivity (Wildman–Crippen MR) is 106 cm³/mol. The van der Waals surface area contributed by atoms with Gasteiger partial charge < -0.3 is 10.1 Å². The maximum absolute atomic E-state index is 13.6. The molecule has 1 amide bonds. The lowest BCUT2D eigenvalue weighted by molar-refractivity contribution is -0.148. The molecular formula is C20H15ClFNO3S. The van der Waals surface area contributed by atoms with Gasteiger partial charge in [-0.1, -0.05) is 41.9 Å². The first-order valence-corrected chi connectivity index (χ1v) is 9.26. The first kappa shape index (κ1) is 19.1. The van der Waals surface area contributed by atoms with E-state index in [1.165, 1.54) is 42.5 Å². The van der Waals surface area contributed by atoms with Gasteiger partial charge in [-0.2, -0.15) is 0 Å². The van der Waals surface area contributed by atoms with Crippen LogP contribution in [0.2, 0.25) is 5.02 Å². The van der Waals surface area contributed by atoms with Crippen molar-refractivity contribution >= 4 is 56.7 Å². The second kappa shape index (κ2) is 8.33. The molecule has 0 spiro atoms. The van der Waals surface area contributed by atoms with Crippen molar-refractivity contribution in [2.45, 2.75) is 13.0 Å². The lowest BCUT2D eigenvalue weighted by Gasteiger charge is -2.12. The molecule has 27 heavy (non-hydrogen) atoms. The molecule has 2 aromatic carbocycles. The first-order valence-electron chi connectivity index (χ1n) is 8.07. The van der Waals surface area contributed by atoms with Gasteiger partial charge in [0.25, 0.3) is 5.91 Å². The first-order chi connectivity index (χ1) is 13.0. The van der Waals surface area contributed by atoms with Crippen molar-refractivity contribution in [2.24, 2.45) is 0 Å². The van der Waals surface area contributed by atoms with Crippen molar-refractivity contribution in [3.63, 3.8) is 0 Å². The molecule has 0 aliphatic heterocycles. The van der Waals surface area contributed by atoms with E-state index in [4.69, 9.17) is 16.3 Å². The average Bonchev–Trinajstić information content (AvgIpc) is 2.98. The van der Waals surface area contributed by atoms with Gasteiger partial charge in [0.2, 0.25) is 0 Å². The van der Waals surface area contributed by atoms with E-state index in [0.717, 1.165) is 15.0 Å². The Morgan fingerprint density at radius 3 is 2.63 bits per heavy atom. The molecule has 1 aromatic heterocycles. The lowest BCUT2D eigenvalue weighted by atomic mass is 10.2. The number of halogens is 2. The minimum Gasteiger partial charge on any atom is -0.449 e. The molecule has 0 bridgehead atoms. The number of carbonyl (C=O) groups is 2. The molecule has 7 heteroatoms. The van der Waals surface area contributed by atoms with Crippen LogP contribution in [-0.2, 0) is 14.3 Å². The molecule has 1 N–H and O–H groups in total. The van der Waals surface area contributed by atoms with E-state index >= 15 is 0 Å². The van der Waals surface area contributed by atoms with Crippen LogP contribution in [0.3, 0.4) is 0 Å². The molecule has 0 saturated carbocycles. The maximum atomic E-state index is 13.6. The van der Waals surface area contributed by atoms with Gasteiger partial charge in [-0.25, -0.2) is 9.18 Å². The summed E-state index contributed by atoms with van der Waals surface area (Å²) in [6.45, 7) is 1.41. The van der Waals surface area contributed by atoms with Gasteiger partial charge in [0.05, 0.1) is 10.7 Å². The molecule has 0 radical (unpaired) electrons. The maximum Gasteiger partial charge on any atom is 0.331 e. The van der Waals surface area contributed by atoms with Gasteiger partial charge in [-0.05, 0) is 31.2 Å². The highest BCUT2D eigenvalue weighted by atomic mass is 35.5. The fourth-order valence-electron chi connectivity index (χ4n) is 2.35. The molecule has 3 rings (SSSR count). The lowest BCUT2D eigenvalue weighted by Crippen LogP contribution is -2.29. The third kappa shape index (κ3) is 4.53. The van der Waals surface area contributed by atoms with Crippen LogP contribution in [0.25, 0.3) is 16.2 Å². The highest BCUT2D eigenvalue weighted by Gasteiger charge is 2.18. The number of ether oxygens (including phenoxy) is 1. The minimum absolute atomic E-state index is 0.0259. The molecule has 0 aliphatic carbocycles. The standard InChI is InChI=1S/C20H15ClFNO3S/c1-12(20(25)23-15-8-4-3-7-14(15)22)26-18(24)11-10-17-19(21)13-6-2-5-9-16(13)27-17/h2-12H,1H3,(H,23,25)/b11-10+/t12-/m1/s1. The molecule has 4 nitrogen and oxygen atoms in total. The fraction of sp³-hybridized carbons (Fsp3) is 0.100. The molecule has 3 aromatic rings. The Labute approximate surface area is 164 Å². The van der Waals surface area contributed by atoms with Gasteiger partial charge in [0.1, 0.15) is 5.82 Å². The summed E-state index contributed by atoms with van der Waals surface area (Å²) in [5.41, 5.74) is 0.0259. The molecular weight excluding hydrogens is 389 g/mol. The number of rotatable bonds is 5. The van der Waals surface area contributed by atoms with E-state index in [9.17, 15) is 14.0 Å². The Kier molecular flexibility index (Phi) is 5.88. The van der Waals surface area contributed by atoms with E-state index in [2.05, 4.69) is 5.32 Å². The third-order valence-corrected chi connectivity index (χ3v) is 5.38. The van der Waals surface area contributed by atoms with Crippen LogP contribution in [0.4, 0.5) is 10.1 Å². The van der Waals surface area contributed by atoms with Gasteiger partial charge in [0, 0.05) is 21.0 Å². The zero-order chi connectivity index (χ0) is 19.4. The van der Waals surface area contributed by atoms with Gasteiger partial charge >= 0.3 is 5.97 Å². The van der Waals surface area contributed by atoms with Crippen LogP contribution in [-0.4, -0.2) is 18.0 Å². The molecule has 0 unspecified atom stereocenters. The highest BCUT2D eigenvalue weighted by Crippen LogP contribution is 2.35. The predicted octanol–water partition coefficient (Wildman–Crippen LogP) is 5.28. The van der Waals surface area contributed by atoms with Gasteiger partial charge in [-0.3, -0.25) is 4.79 Å². The van der Waals surface area contributed by atoms with E-state index < -0.39 is 23.8 Å². The average molecular weight is 404 g/mol. The van der Waals surface area contributed by atoms with Crippen molar-refractivity contribution in [2.75, 3.05) is 5.32 Å². The summed E-state index contributed by atoms with van der Waals surface area (Å²) in [5.74, 6) is -1.88.